The molecule has 0 unspecified atom stereocenters. The van der Waals surface area contributed by atoms with E-state index in [1.807, 2.05) is 0 Å². The molecule has 0 N–H and O–H groups in total. The van der Waals surface area contributed by atoms with Gasteiger partial charge in [-0.25, -0.2) is 8.42 Å². The van der Waals surface area contributed by atoms with E-state index >= 15 is 0 Å². The van der Waals surface area contributed by atoms with Gasteiger partial charge in [0.25, 0.3) is 9.84 Å². The van der Waals surface area contributed by atoms with Crippen LogP contribution in [0.25, 0.3) is 0 Å². The highest BCUT2D eigenvalue weighted by Crippen LogP contribution is 2.50. The second-order valence-electron chi connectivity index (χ2n) is 2.53. The molecule has 0 aliphatic carbocycles. The predicted octanol–water partition coefficient (Wildman–Crippen LogP) is 2.71. The van der Waals surface area contributed by atoms with E-state index in [9.17, 15) is 52.3 Å². The Hall–Kier alpha value is -0.750. The molecule has 0 bridgehead atoms. The van der Waals surface area contributed by atoms with Crippen LogP contribution in [0.4, 0.5) is 43.9 Å². The van der Waals surface area contributed by atoms with Gasteiger partial charge >= 0.3 is 22.9 Å². The Labute approximate surface area is 86.1 Å². The second-order valence-corrected chi connectivity index (χ2v) is 4.56. The van der Waals surface area contributed by atoms with Crippen molar-refractivity contribution in [1.29, 1.82) is 0 Å². The van der Waals surface area contributed by atoms with Crippen molar-refractivity contribution in [2.45, 2.75) is 22.9 Å². The fourth-order valence-electron chi connectivity index (χ4n) is 0.466. The van der Waals surface area contributed by atoms with Crippen LogP contribution in [-0.4, -0.2) is 31.3 Å². The van der Waals surface area contributed by atoms with E-state index in [1.54, 1.807) is 0 Å². The largest absolute Gasteiger partial charge is 0.469 e. The lowest BCUT2D eigenvalue weighted by Gasteiger charge is -2.26. The van der Waals surface area contributed by atoms with E-state index in [4.69, 9.17) is 0 Å². The normalized spacial score (nSPS) is 16.1. The van der Waals surface area contributed by atoms with Crippen LogP contribution >= 0.6 is 0 Å². The zero-order valence-corrected chi connectivity index (χ0v) is 7.82. The molecule has 0 aromatic rings. The average molecular weight is 302 g/mol. The van der Waals surface area contributed by atoms with Crippen molar-refractivity contribution < 1.29 is 52.3 Å². The monoisotopic (exact) mass is 302 g/mol. The van der Waals surface area contributed by atoms with Gasteiger partial charge < -0.3 is 0 Å². The van der Waals surface area contributed by atoms with Gasteiger partial charge in [0, 0.05) is 0 Å². The molecule has 0 aromatic carbocycles. The third-order valence-corrected chi connectivity index (χ3v) is 3.15. The molecule has 2 nitrogen and oxygen atoms in total. The summed E-state index contributed by atoms with van der Waals surface area (Å²) in [5.41, 5.74) is 0. The van der Waals surface area contributed by atoms with Gasteiger partial charge in [-0.2, -0.15) is 43.9 Å². The van der Waals surface area contributed by atoms with Gasteiger partial charge in [-0.15, -0.1) is 0 Å². The second kappa shape index (κ2) is 3.62. The van der Waals surface area contributed by atoms with Crippen LogP contribution in [0.15, 0.2) is 0 Å². The fourth-order valence-corrected chi connectivity index (χ4v) is 1.40. The van der Waals surface area contributed by atoms with Crippen molar-refractivity contribution in [2.75, 3.05) is 0 Å². The highest BCUT2D eigenvalue weighted by atomic mass is 32.2. The van der Waals surface area contributed by atoms with Gasteiger partial charge in [0.1, 0.15) is 0 Å². The molecule has 0 amide bonds. The van der Waals surface area contributed by atoms with E-state index < -0.39 is 32.7 Å². The average Bonchev–Trinajstić information content (AvgIpc) is 1.98. The molecule has 0 saturated heterocycles. The van der Waals surface area contributed by atoms with E-state index in [-0.39, 0.29) is 0 Å². The first-order valence-electron chi connectivity index (χ1n) is 3.13. The first-order valence-corrected chi connectivity index (χ1v) is 4.61. The Balaban J connectivity index is 5.94. The molecule has 0 rings (SSSR count). The molecular weight excluding hydrogens is 302 g/mol. The quantitative estimate of drug-likeness (QED) is 0.735. The van der Waals surface area contributed by atoms with Gasteiger partial charge in [0.2, 0.25) is 0 Å². The number of hydrogen-bond acceptors (Lipinski definition) is 2. The van der Waals surface area contributed by atoms with Crippen molar-refractivity contribution in [3.05, 3.63) is 0 Å². The Kier molecular flexibility index (Phi) is 3.46. The summed E-state index contributed by atoms with van der Waals surface area (Å²) in [6, 6.07) is 0. The predicted molar refractivity (Wildman–Crippen MR) is 30.9 cm³/mol. The number of halogens is 10. The lowest BCUT2D eigenvalue weighted by molar-refractivity contribution is -0.262. The van der Waals surface area contributed by atoms with Crippen LogP contribution in [-0.2, 0) is 9.84 Å². The third-order valence-electron chi connectivity index (χ3n) is 1.34. The summed E-state index contributed by atoms with van der Waals surface area (Å²) in [4.78, 5) is 0. The number of sulfone groups is 1. The first-order chi connectivity index (χ1) is 7.00. The Bertz CT molecular complexity index is 354. The van der Waals surface area contributed by atoms with Gasteiger partial charge in [-0.05, 0) is 0 Å². The molecule has 0 heterocycles. The van der Waals surface area contributed by atoms with Crippen molar-refractivity contribution in [2.24, 2.45) is 0 Å². The maximum Gasteiger partial charge on any atom is 0.469 e. The zero-order chi connectivity index (χ0) is 14.5. The SMILES string of the molecule is O=S(=O)(C(F)(F)C(F)(F)F)C(F)(F)C(F)(F)F. The first kappa shape index (κ1) is 16.2. The minimum atomic E-state index is -8.17. The highest BCUT2D eigenvalue weighted by Gasteiger charge is 2.81. The summed E-state index contributed by atoms with van der Waals surface area (Å²) in [6.07, 6.45) is -14.2. The van der Waals surface area contributed by atoms with E-state index in [2.05, 4.69) is 0 Å². The maximum absolute atomic E-state index is 12.0. The van der Waals surface area contributed by atoms with E-state index in [0.717, 1.165) is 0 Å². The molecule has 17 heavy (non-hydrogen) atoms. The Morgan fingerprint density at radius 3 is 0.824 bits per heavy atom. The van der Waals surface area contributed by atoms with Crippen LogP contribution in [0.3, 0.4) is 0 Å². The fraction of sp³-hybridized carbons (Fsp3) is 1.00. The van der Waals surface area contributed by atoms with Gasteiger partial charge in [-0.3, -0.25) is 0 Å². The van der Waals surface area contributed by atoms with Gasteiger partial charge in [-0.1, -0.05) is 0 Å². The highest BCUT2D eigenvalue weighted by molar-refractivity contribution is 7.93. The molecule has 0 radical (unpaired) electrons. The standard InChI is InChI=1S/C4F10O2S/c5-1(6,7)3(11,12)17(15,16)4(13,14)2(8,9)10. The molecule has 104 valence electrons. The molecule has 0 spiro atoms. The van der Waals surface area contributed by atoms with Crippen molar-refractivity contribution >= 4 is 9.84 Å². The topological polar surface area (TPSA) is 34.1 Å². The summed E-state index contributed by atoms with van der Waals surface area (Å²) in [5, 5.41) is -14.4. The van der Waals surface area contributed by atoms with E-state index in [1.165, 1.54) is 0 Å². The van der Waals surface area contributed by atoms with E-state index in [0.29, 0.717) is 0 Å². The molecular formula is C4F10O2S. The lowest BCUT2D eigenvalue weighted by Crippen LogP contribution is -2.56. The summed E-state index contributed by atoms with van der Waals surface area (Å²) in [5.74, 6) is 0. The molecule has 0 aliphatic rings. The third kappa shape index (κ3) is 2.15. The van der Waals surface area contributed by atoms with Crippen LogP contribution in [0, 0.1) is 0 Å². The van der Waals surface area contributed by atoms with Crippen molar-refractivity contribution in [3.63, 3.8) is 0 Å². The van der Waals surface area contributed by atoms with Crippen LogP contribution in [0.1, 0.15) is 0 Å². The summed E-state index contributed by atoms with van der Waals surface area (Å²) < 4.78 is 137. The minimum absolute atomic E-state index is 7.10. The Morgan fingerprint density at radius 1 is 0.529 bits per heavy atom. The van der Waals surface area contributed by atoms with Crippen molar-refractivity contribution in [3.8, 4) is 0 Å². The van der Waals surface area contributed by atoms with Gasteiger partial charge in [0.15, 0.2) is 0 Å². The minimum Gasteiger partial charge on any atom is -0.215 e. The molecule has 0 fully saturated rings. The lowest BCUT2D eigenvalue weighted by atomic mass is 10.7. The van der Waals surface area contributed by atoms with Crippen LogP contribution in [0.5, 0.6) is 0 Å². The zero-order valence-electron chi connectivity index (χ0n) is 7.00. The van der Waals surface area contributed by atoms with Gasteiger partial charge in [0.05, 0.1) is 0 Å². The summed E-state index contributed by atoms with van der Waals surface area (Å²) >= 11 is 0. The number of alkyl halides is 10. The van der Waals surface area contributed by atoms with Crippen LogP contribution < -0.4 is 0 Å². The number of rotatable bonds is 2. The molecule has 13 heteroatoms. The molecule has 0 aliphatic heterocycles. The number of hydrogen-bond donors (Lipinski definition) is 0. The van der Waals surface area contributed by atoms with Crippen molar-refractivity contribution in [1.82, 2.24) is 0 Å². The van der Waals surface area contributed by atoms with Crippen LogP contribution in [0.2, 0.25) is 0 Å². The summed E-state index contributed by atoms with van der Waals surface area (Å²) in [6.45, 7) is 0. The molecule has 0 aromatic heterocycles. The smallest absolute Gasteiger partial charge is 0.215 e. The molecule has 0 saturated carbocycles. The Morgan fingerprint density at radius 2 is 0.706 bits per heavy atom. The molecule has 0 atom stereocenters. The maximum atomic E-state index is 12.0. The summed E-state index contributed by atoms with van der Waals surface area (Å²) in [7, 11) is -8.17.